The third-order valence-corrected chi connectivity index (χ3v) is 5.04. The van der Waals surface area contributed by atoms with E-state index in [4.69, 9.17) is 16.3 Å². The number of thiazole rings is 1. The predicted molar refractivity (Wildman–Crippen MR) is 114 cm³/mol. The van der Waals surface area contributed by atoms with E-state index in [0.717, 1.165) is 11.1 Å². The molecule has 0 spiro atoms. The summed E-state index contributed by atoms with van der Waals surface area (Å²) >= 11 is 7.15. The number of esters is 1. The van der Waals surface area contributed by atoms with E-state index < -0.39 is 5.97 Å². The molecule has 3 rings (SSSR count). The van der Waals surface area contributed by atoms with Gasteiger partial charge in [0.15, 0.2) is 17.4 Å². The van der Waals surface area contributed by atoms with Crippen LogP contribution in [0.4, 0.5) is 5.13 Å². The third-order valence-electron chi connectivity index (χ3n) is 3.98. The van der Waals surface area contributed by atoms with Gasteiger partial charge >= 0.3 is 5.97 Å². The van der Waals surface area contributed by atoms with Crippen molar-refractivity contribution in [3.05, 3.63) is 81.8 Å². The Bertz CT molecular complexity index is 945. The fraction of sp³-hybridized carbons (Fsp3) is 0.190. The van der Waals surface area contributed by atoms with E-state index in [1.165, 1.54) is 11.3 Å². The van der Waals surface area contributed by atoms with Crippen LogP contribution in [0.2, 0.25) is 5.02 Å². The van der Waals surface area contributed by atoms with Crippen LogP contribution in [-0.2, 0) is 22.5 Å². The first-order chi connectivity index (χ1) is 14.1. The topological polar surface area (TPSA) is 80.3 Å². The van der Waals surface area contributed by atoms with Crippen LogP contribution < -0.4 is 10.6 Å². The van der Waals surface area contributed by atoms with Gasteiger partial charge < -0.3 is 15.4 Å². The van der Waals surface area contributed by atoms with Crippen LogP contribution in [0.5, 0.6) is 0 Å². The highest BCUT2D eigenvalue weighted by Crippen LogP contribution is 2.17. The van der Waals surface area contributed by atoms with Crippen LogP contribution in [0.15, 0.2) is 60.0 Å². The average molecular weight is 430 g/mol. The molecule has 1 amide bonds. The largest absolute Gasteiger partial charge is 0.451 e. The minimum atomic E-state index is -0.623. The number of ether oxygens (including phenoxy) is 1. The van der Waals surface area contributed by atoms with Gasteiger partial charge in [-0.25, -0.2) is 9.78 Å². The molecule has 2 N–H and O–H groups in total. The number of nitrogens with zero attached hydrogens (tertiary/aromatic N) is 1. The van der Waals surface area contributed by atoms with Gasteiger partial charge in [0.2, 0.25) is 0 Å². The molecule has 0 fully saturated rings. The molecule has 6 nitrogen and oxygen atoms in total. The minimum absolute atomic E-state index is 0.180. The smallest absolute Gasteiger partial charge is 0.358 e. The zero-order valence-corrected chi connectivity index (χ0v) is 17.1. The van der Waals surface area contributed by atoms with Crippen molar-refractivity contribution in [2.24, 2.45) is 0 Å². The number of hydrogen-bond acceptors (Lipinski definition) is 6. The molecule has 0 unspecified atom stereocenters. The van der Waals surface area contributed by atoms with Gasteiger partial charge in [-0.15, -0.1) is 11.3 Å². The van der Waals surface area contributed by atoms with Crippen molar-refractivity contribution >= 4 is 39.9 Å². The van der Waals surface area contributed by atoms with E-state index in [-0.39, 0.29) is 18.2 Å². The first-order valence-electron chi connectivity index (χ1n) is 9.02. The Balaban J connectivity index is 1.37. The predicted octanol–water partition coefficient (Wildman–Crippen LogP) is 3.92. The molecule has 0 aliphatic heterocycles. The zero-order chi connectivity index (χ0) is 20.5. The minimum Gasteiger partial charge on any atom is -0.451 e. The van der Waals surface area contributed by atoms with Crippen molar-refractivity contribution in [3.63, 3.8) is 0 Å². The van der Waals surface area contributed by atoms with Crippen LogP contribution >= 0.6 is 22.9 Å². The standard InChI is InChI=1S/C21H20ClN3O3S/c22-17-8-6-15(7-9-17)10-11-23-19(26)13-28-20(27)18-14-29-21(25-18)24-12-16-4-2-1-3-5-16/h1-9,14H,10-13H2,(H,23,26)(H,24,25). The van der Waals surface area contributed by atoms with Crippen molar-refractivity contribution in [2.75, 3.05) is 18.5 Å². The van der Waals surface area contributed by atoms with Crippen molar-refractivity contribution in [2.45, 2.75) is 13.0 Å². The van der Waals surface area contributed by atoms with Gasteiger partial charge in [-0.2, -0.15) is 0 Å². The number of rotatable bonds is 9. The summed E-state index contributed by atoms with van der Waals surface area (Å²) in [5.41, 5.74) is 2.35. The maximum absolute atomic E-state index is 12.1. The Labute approximate surface area is 177 Å². The van der Waals surface area contributed by atoms with Crippen LogP contribution in [-0.4, -0.2) is 30.0 Å². The SMILES string of the molecule is O=C(COC(=O)c1csc(NCc2ccccc2)n1)NCCc1ccc(Cl)cc1. The Kier molecular flexibility index (Phi) is 7.61. The van der Waals surface area contributed by atoms with Gasteiger partial charge in [-0.1, -0.05) is 54.1 Å². The highest BCUT2D eigenvalue weighted by atomic mass is 35.5. The number of hydrogen-bond donors (Lipinski definition) is 2. The van der Waals surface area contributed by atoms with Gasteiger partial charge in [0.05, 0.1) is 0 Å². The summed E-state index contributed by atoms with van der Waals surface area (Å²) in [4.78, 5) is 28.1. The molecule has 0 aliphatic rings. The second kappa shape index (κ2) is 10.6. The van der Waals surface area contributed by atoms with E-state index in [2.05, 4.69) is 15.6 Å². The first-order valence-corrected chi connectivity index (χ1v) is 10.3. The van der Waals surface area contributed by atoms with E-state index in [1.807, 2.05) is 42.5 Å². The van der Waals surface area contributed by atoms with Crippen LogP contribution in [0.25, 0.3) is 0 Å². The van der Waals surface area contributed by atoms with Crippen LogP contribution in [0.3, 0.4) is 0 Å². The lowest BCUT2D eigenvalue weighted by molar-refractivity contribution is -0.124. The molecule has 0 saturated carbocycles. The first kappa shape index (κ1) is 20.8. The number of aromatic nitrogens is 1. The van der Waals surface area contributed by atoms with Crippen molar-refractivity contribution in [1.82, 2.24) is 10.3 Å². The quantitative estimate of drug-likeness (QED) is 0.504. The van der Waals surface area contributed by atoms with Crippen LogP contribution in [0, 0.1) is 0 Å². The Hall–Kier alpha value is -2.90. The lowest BCUT2D eigenvalue weighted by Gasteiger charge is -2.06. The average Bonchev–Trinajstić information content (AvgIpc) is 3.22. The number of carbonyl (C=O) groups excluding carboxylic acids is 2. The highest BCUT2D eigenvalue weighted by Gasteiger charge is 2.14. The summed E-state index contributed by atoms with van der Waals surface area (Å²) in [6.45, 7) is 0.713. The third kappa shape index (κ3) is 6.89. The van der Waals surface area contributed by atoms with E-state index in [9.17, 15) is 9.59 Å². The molecule has 29 heavy (non-hydrogen) atoms. The molecule has 0 saturated heterocycles. The fourth-order valence-corrected chi connectivity index (χ4v) is 3.28. The number of amides is 1. The summed E-state index contributed by atoms with van der Waals surface area (Å²) in [5, 5.41) is 8.77. The van der Waals surface area contributed by atoms with E-state index in [0.29, 0.717) is 29.7 Å². The normalized spacial score (nSPS) is 10.4. The van der Waals surface area contributed by atoms with Crippen molar-refractivity contribution in [1.29, 1.82) is 0 Å². The second-order valence-corrected chi connectivity index (χ2v) is 7.47. The summed E-state index contributed by atoms with van der Waals surface area (Å²) in [7, 11) is 0. The lowest BCUT2D eigenvalue weighted by Crippen LogP contribution is -2.30. The summed E-state index contributed by atoms with van der Waals surface area (Å²) in [5.74, 6) is -0.980. The second-order valence-electron chi connectivity index (χ2n) is 6.18. The highest BCUT2D eigenvalue weighted by molar-refractivity contribution is 7.13. The van der Waals surface area contributed by atoms with E-state index in [1.54, 1.807) is 17.5 Å². The number of carbonyl (C=O) groups is 2. The summed E-state index contributed by atoms with van der Waals surface area (Å²) in [6.07, 6.45) is 0.666. The van der Waals surface area contributed by atoms with Gasteiger partial charge in [0.25, 0.3) is 5.91 Å². The summed E-state index contributed by atoms with van der Waals surface area (Å²) in [6, 6.07) is 17.3. The monoisotopic (exact) mass is 429 g/mol. The number of benzene rings is 2. The zero-order valence-electron chi connectivity index (χ0n) is 15.6. The van der Waals surface area contributed by atoms with Gasteiger partial charge in [0.1, 0.15) is 0 Å². The molecule has 1 heterocycles. The molecule has 3 aromatic rings. The molecule has 0 atom stereocenters. The maximum atomic E-state index is 12.1. The molecule has 0 bridgehead atoms. The van der Waals surface area contributed by atoms with Gasteiger partial charge in [-0.05, 0) is 29.7 Å². The molecule has 8 heteroatoms. The van der Waals surface area contributed by atoms with Crippen molar-refractivity contribution in [3.8, 4) is 0 Å². The number of halogens is 1. The van der Waals surface area contributed by atoms with Crippen LogP contribution in [0.1, 0.15) is 21.6 Å². The molecular weight excluding hydrogens is 410 g/mol. The van der Waals surface area contributed by atoms with Gasteiger partial charge in [0, 0.05) is 23.5 Å². The molecule has 150 valence electrons. The Morgan fingerprint density at radius 1 is 1.03 bits per heavy atom. The molecule has 0 aliphatic carbocycles. The Morgan fingerprint density at radius 2 is 1.79 bits per heavy atom. The molecule has 1 aromatic heterocycles. The summed E-state index contributed by atoms with van der Waals surface area (Å²) < 4.78 is 5.03. The van der Waals surface area contributed by atoms with Gasteiger partial charge in [-0.3, -0.25) is 4.79 Å². The molecule has 0 radical (unpaired) electrons. The maximum Gasteiger partial charge on any atom is 0.358 e. The van der Waals surface area contributed by atoms with Crippen molar-refractivity contribution < 1.29 is 14.3 Å². The van der Waals surface area contributed by atoms with E-state index >= 15 is 0 Å². The number of anilines is 1. The lowest BCUT2D eigenvalue weighted by atomic mass is 10.1. The number of nitrogens with one attached hydrogen (secondary N) is 2. The molecule has 2 aromatic carbocycles. The Morgan fingerprint density at radius 3 is 2.55 bits per heavy atom. The fourth-order valence-electron chi connectivity index (χ4n) is 2.48. The molecular formula is C21H20ClN3O3S.